The number of hydrogen-bond acceptors (Lipinski definition) is 2. The van der Waals surface area contributed by atoms with Crippen LogP contribution < -0.4 is 5.32 Å². The van der Waals surface area contributed by atoms with Crippen LogP contribution >= 0.6 is 0 Å². The molecule has 0 bridgehead atoms. The lowest BCUT2D eigenvalue weighted by molar-refractivity contribution is -0.133. The highest BCUT2D eigenvalue weighted by atomic mass is 19.2. The van der Waals surface area contributed by atoms with Crippen molar-refractivity contribution < 1.29 is 13.6 Å². The molecule has 1 N–H and O–H groups in total. The molecule has 1 aliphatic heterocycles. The van der Waals surface area contributed by atoms with Gasteiger partial charge in [-0.15, -0.1) is 0 Å². The number of halogens is 2. The predicted octanol–water partition coefficient (Wildman–Crippen LogP) is 2.50. The number of nitrogens with zero attached hydrogens (tertiary/aromatic N) is 1. The fraction of sp³-hybridized carbons (Fsp3) is 0.562. The zero-order valence-electron chi connectivity index (χ0n) is 12.4. The highest BCUT2D eigenvalue weighted by molar-refractivity contribution is 5.79. The minimum atomic E-state index is -0.901. The summed E-state index contributed by atoms with van der Waals surface area (Å²) in [5, 5.41) is 3.31. The van der Waals surface area contributed by atoms with Crippen molar-refractivity contribution in [1.82, 2.24) is 10.2 Å². The van der Waals surface area contributed by atoms with Crippen molar-refractivity contribution in [2.45, 2.75) is 38.6 Å². The Morgan fingerprint density at radius 1 is 1.38 bits per heavy atom. The van der Waals surface area contributed by atoms with E-state index in [-0.39, 0.29) is 18.4 Å². The lowest BCUT2D eigenvalue weighted by atomic mass is 10.0. The van der Waals surface area contributed by atoms with Crippen molar-refractivity contribution in [2.75, 3.05) is 19.6 Å². The van der Waals surface area contributed by atoms with Crippen molar-refractivity contribution in [1.29, 1.82) is 0 Å². The van der Waals surface area contributed by atoms with Gasteiger partial charge >= 0.3 is 0 Å². The Morgan fingerprint density at radius 3 is 2.81 bits per heavy atom. The molecule has 1 aromatic rings. The topological polar surface area (TPSA) is 32.3 Å². The molecule has 0 saturated carbocycles. The maximum Gasteiger partial charge on any atom is 0.227 e. The molecule has 1 atom stereocenters. The molecule has 0 aromatic heterocycles. The van der Waals surface area contributed by atoms with Crippen molar-refractivity contribution >= 4 is 5.91 Å². The van der Waals surface area contributed by atoms with Gasteiger partial charge in [-0.25, -0.2) is 8.78 Å². The van der Waals surface area contributed by atoms with Gasteiger partial charge in [0.2, 0.25) is 5.91 Å². The van der Waals surface area contributed by atoms with Crippen LogP contribution in [0, 0.1) is 11.6 Å². The quantitative estimate of drug-likeness (QED) is 0.905. The third-order valence-electron chi connectivity index (χ3n) is 3.84. The lowest BCUT2D eigenvalue weighted by Gasteiger charge is -2.34. The Labute approximate surface area is 124 Å². The van der Waals surface area contributed by atoms with Gasteiger partial charge in [-0.05, 0) is 43.5 Å². The molecule has 116 valence electrons. The summed E-state index contributed by atoms with van der Waals surface area (Å²) < 4.78 is 26.2. The fourth-order valence-electron chi connectivity index (χ4n) is 2.78. The molecule has 1 fully saturated rings. The molecule has 0 radical (unpaired) electrons. The Balaban J connectivity index is 2.05. The second-order valence-corrected chi connectivity index (χ2v) is 5.51. The van der Waals surface area contributed by atoms with Gasteiger partial charge in [-0.2, -0.15) is 0 Å². The van der Waals surface area contributed by atoms with Gasteiger partial charge < -0.3 is 10.2 Å². The first-order chi connectivity index (χ1) is 10.1. The van der Waals surface area contributed by atoms with Gasteiger partial charge in [-0.1, -0.05) is 13.0 Å². The summed E-state index contributed by atoms with van der Waals surface area (Å²) in [6.07, 6.45) is 3.06. The Morgan fingerprint density at radius 2 is 2.19 bits per heavy atom. The predicted molar refractivity (Wildman–Crippen MR) is 78.0 cm³/mol. The lowest BCUT2D eigenvalue weighted by Crippen LogP contribution is -2.49. The monoisotopic (exact) mass is 296 g/mol. The van der Waals surface area contributed by atoms with E-state index in [4.69, 9.17) is 0 Å². The number of carbonyl (C=O) groups excluding carboxylic acids is 1. The first-order valence-electron chi connectivity index (χ1n) is 7.56. The normalized spacial score (nSPS) is 18.5. The van der Waals surface area contributed by atoms with Crippen molar-refractivity contribution in [3.8, 4) is 0 Å². The number of amides is 1. The van der Waals surface area contributed by atoms with E-state index in [1.807, 2.05) is 11.8 Å². The van der Waals surface area contributed by atoms with Crippen LogP contribution in [0.5, 0.6) is 0 Å². The van der Waals surface area contributed by atoms with Crippen molar-refractivity contribution in [2.24, 2.45) is 0 Å². The molecule has 1 unspecified atom stereocenters. The maximum atomic E-state index is 13.2. The van der Waals surface area contributed by atoms with E-state index in [1.165, 1.54) is 6.07 Å². The fourth-order valence-corrected chi connectivity index (χ4v) is 2.78. The summed E-state index contributed by atoms with van der Waals surface area (Å²) in [5.74, 6) is -1.80. The van der Waals surface area contributed by atoms with Crippen LogP contribution in [0.1, 0.15) is 31.7 Å². The average Bonchev–Trinajstić information content (AvgIpc) is 2.49. The highest BCUT2D eigenvalue weighted by Gasteiger charge is 2.24. The van der Waals surface area contributed by atoms with E-state index in [0.717, 1.165) is 44.5 Å². The highest BCUT2D eigenvalue weighted by Crippen LogP contribution is 2.15. The minimum Gasteiger partial charge on any atom is -0.338 e. The summed E-state index contributed by atoms with van der Waals surface area (Å²) in [7, 11) is 0. The first kappa shape index (κ1) is 15.9. The Hall–Kier alpha value is -1.49. The molecule has 3 nitrogen and oxygen atoms in total. The number of nitrogens with one attached hydrogen (secondary N) is 1. The number of piperidine rings is 1. The summed E-state index contributed by atoms with van der Waals surface area (Å²) in [5.41, 5.74) is 0.517. The number of rotatable bonds is 5. The molecule has 1 aliphatic rings. The van der Waals surface area contributed by atoms with E-state index in [2.05, 4.69) is 5.32 Å². The van der Waals surface area contributed by atoms with E-state index in [1.54, 1.807) is 0 Å². The molecular formula is C16H22F2N2O. The zero-order chi connectivity index (χ0) is 15.2. The molecule has 0 spiro atoms. The Kier molecular flexibility index (Phi) is 5.67. The van der Waals surface area contributed by atoms with Crippen LogP contribution in [-0.2, 0) is 11.2 Å². The molecule has 2 rings (SSSR count). The van der Waals surface area contributed by atoms with Crippen LogP contribution in [-0.4, -0.2) is 36.5 Å². The van der Waals surface area contributed by atoms with Gasteiger partial charge in [0.05, 0.1) is 6.42 Å². The molecule has 0 aliphatic carbocycles. The number of benzene rings is 1. The smallest absolute Gasteiger partial charge is 0.227 e. The van der Waals surface area contributed by atoms with Gasteiger partial charge in [-0.3, -0.25) is 4.79 Å². The summed E-state index contributed by atoms with van der Waals surface area (Å²) >= 11 is 0. The SMILES string of the molecule is CCCN(C(=O)Cc1ccc(F)c(F)c1)C1CCCNC1. The van der Waals surface area contributed by atoms with Crippen LogP contribution in [0.15, 0.2) is 18.2 Å². The Bertz CT molecular complexity index is 487. The van der Waals surface area contributed by atoms with E-state index in [0.29, 0.717) is 12.1 Å². The summed E-state index contributed by atoms with van der Waals surface area (Å²) in [6, 6.07) is 3.86. The average molecular weight is 296 g/mol. The molecule has 1 aromatic carbocycles. The molecule has 1 heterocycles. The van der Waals surface area contributed by atoms with Crippen LogP contribution in [0.25, 0.3) is 0 Å². The third-order valence-corrected chi connectivity index (χ3v) is 3.84. The van der Waals surface area contributed by atoms with E-state index >= 15 is 0 Å². The zero-order valence-corrected chi connectivity index (χ0v) is 12.4. The maximum absolute atomic E-state index is 13.2. The van der Waals surface area contributed by atoms with E-state index in [9.17, 15) is 13.6 Å². The van der Waals surface area contributed by atoms with Crippen molar-refractivity contribution in [3.63, 3.8) is 0 Å². The molecular weight excluding hydrogens is 274 g/mol. The molecule has 21 heavy (non-hydrogen) atoms. The molecule has 1 saturated heterocycles. The van der Waals surface area contributed by atoms with Gasteiger partial charge in [0.15, 0.2) is 11.6 Å². The molecule has 5 heteroatoms. The van der Waals surface area contributed by atoms with Crippen molar-refractivity contribution in [3.05, 3.63) is 35.4 Å². The second-order valence-electron chi connectivity index (χ2n) is 5.51. The van der Waals surface area contributed by atoms with E-state index < -0.39 is 11.6 Å². The number of carbonyl (C=O) groups is 1. The van der Waals surface area contributed by atoms with Crippen LogP contribution in [0.3, 0.4) is 0 Å². The third kappa shape index (κ3) is 4.24. The largest absolute Gasteiger partial charge is 0.338 e. The van der Waals surface area contributed by atoms with Crippen LogP contribution in [0.2, 0.25) is 0 Å². The second kappa shape index (κ2) is 7.50. The van der Waals surface area contributed by atoms with Gasteiger partial charge in [0.25, 0.3) is 0 Å². The van der Waals surface area contributed by atoms with Gasteiger partial charge in [0, 0.05) is 19.1 Å². The van der Waals surface area contributed by atoms with Gasteiger partial charge in [0.1, 0.15) is 0 Å². The molecule has 1 amide bonds. The number of hydrogen-bond donors (Lipinski definition) is 1. The summed E-state index contributed by atoms with van der Waals surface area (Å²) in [4.78, 5) is 14.4. The first-order valence-corrected chi connectivity index (χ1v) is 7.56. The van der Waals surface area contributed by atoms with Crippen LogP contribution in [0.4, 0.5) is 8.78 Å². The minimum absolute atomic E-state index is 0.0171. The standard InChI is InChI=1S/C16H22F2N2O/c1-2-8-20(13-4-3-7-19-11-13)16(21)10-12-5-6-14(17)15(18)9-12/h5-6,9,13,19H,2-4,7-8,10-11H2,1H3. The summed E-state index contributed by atoms with van der Waals surface area (Å²) in [6.45, 7) is 4.54.